The van der Waals surface area contributed by atoms with Gasteiger partial charge in [0.25, 0.3) is 0 Å². The highest BCUT2D eigenvalue weighted by Crippen LogP contribution is 2.52. The zero-order chi connectivity index (χ0) is 23.3. The van der Waals surface area contributed by atoms with Gasteiger partial charge in [0.15, 0.2) is 11.5 Å². The molecule has 2 saturated heterocycles. The minimum absolute atomic E-state index is 0.276. The number of rotatable bonds is 5. The molecule has 3 aliphatic heterocycles. The Morgan fingerprint density at radius 3 is 2.39 bits per heavy atom. The number of hydrogen-bond acceptors (Lipinski definition) is 7. The van der Waals surface area contributed by atoms with Gasteiger partial charge in [-0.05, 0) is 30.5 Å². The van der Waals surface area contributed by atoms with Crippen molar-refractivity contribution in [2.45, 2.75) is 56.1 Å². The number of carbonyl (C=O) groups excluding carboxylic acids is 2. The van der Waals surface area contributed by atoms with Crippen molar-refractivity contribution >= 4 is 23.8 Å². The minimum Gasteiger partial charge on any atom is -0.486 e. The summed E-state index contributed by atoms with van der Waals surface area (Å²) in [6.07, 6.45) is 3.34. The van der Waals surface area contributed by atoms with Gasteiger partial charge in [-0.2, -0.15) is 0 Å². The Bertz CT molecular complexity index is 1020. The van der Waals surface area contributed by atoms with Crippen molar-refractivity contribution in [1.29, 1.82) is 0 Å². The Balaban J connectivity index is 1.59. The second-order valence-corrected chi connectivity index (χ2v) is 9.21. The number of aliphatic carboxylic acids is 2. The lowest BCUT2D eigenvalue weighted by molar-refractivity contribution is -0.156. The van der Waals surface area contributed by atoms with E-state index >= 15 is 0 Å². The third-order valence-corrected chi connectivity index (χ3v) is 7.37. The van der Waals surface area contributed by atoms with Crippen molar-refractivity contribution in [3.63, 3.8) is 0 Å². The van der Waals surface area contributed by atoms with Crippen LogP contribution < -0.4 is 14.8 Å². The normalized spacial score (nSPS) is 31.5. The maximum Gasteiger partial charge on any atom is 0.325 e. The van der Waals surface area contributed by atoms with E-state index < -0.39 is 53.6 Å². The van der Waals surface area contributed by atoms with Crippen LogP contribution in [-0.2, 0) is 19.2 Å². The maximum atomic E-state index is 13.6. The number of benzene rings is 1. The summed E-state index contributed by atoms with van der Waals surface area (Å²) in [6, 6.07) is 3.91. The van der Waals surface area contributed by atoms with Gasteiger partial charge in [-0.3, -0.25) is 29.4 Å². The van der Waals surface area contributed by atoms with Crippen LogP contribution in [0.2, 0.25) is 0 Å². The number of carboxylic acids is 2. The fourth-order valence-electron chi connectivity index (χ4n) is 5.94. The highest BCUT2D eigenvalue weighted by molar-refractivity contribution is 6.10. The zero-order valence-corrected chi connectivity index (χ0v) is 18.0. The molecule has 0 radical (unpaired) electrons. The summed E-state index contributed by atoms with van der Waals surface area (Å²) < 4.78 is 11.2. The number of nitrogens with one attached hydrogen (secondary N) is 1. The average molecular weight is 458 g/mol. The van der Waals surface area contributed by atoms with Gasteiger partial charge in [0, 0.05) is 12.1 Å². The van der Waals surface area contributed by atoms with Gasteiger partial charge in [-0.25, -0.2) is 0 Å². The maximum absolute atomic E-state index is 13.6. The third-order valence-electron chi connectivity index (χ3n) is 7.37. The highest BCUT2D eigenvalue weighted by atomic mass is 16.6. The zero-order valence-electron chi connectivity index (χ0n) is 18.0. The molecule has 0 bridgehead atoms. The molecule has 4 aliphatic rings. The molecule has 1 aromatic rings. The molecule has 176 valence electrons. The molecule has 3 N–H and O–H groups in total. The van der Waals surface area contributed by atoms with E-state index in [0.29, 0.717) is 43.1 Å². The molecule has 0 aromatic heterocycles. The van der Waals surface area contributed by atoms with E-state index in [9.17, 15) is 29.4 Å². The summed E-state index contributed by atoms with van der Waals surface area (Å²) >= 11 is 0. The quantitative estimate of drug-likeness (QED) is 0.557. The van der Waals surface area contributed by atoms with Crippen LogP contribution in [0.3, 0.4) is 0 Å². The Morgan fingerprint density at radius 2 is 1.73 bits per heavy atom. The Labute approximate surface area is 189 Å². The fourth-order valence-corrected chi connectivity index (χ4v) is 5.94. The van der Waals surface area contributed by atoms with Crippen LogP contribution in [0.5, 0.6) is 11.5 Å². The van der Waals surface area contributed by atoms with Crippen LogP contribution in [0.4, 0.5) is 0 Å². The number of likely N-dealkylation sites (tertiary alicyclic amines) is 1. The number of ether oxygens (including phenoxy) is 2. The summed E-state index contributed by atoms with van der Waals surface area (Å²) in [6.45, 7) is 0.758. The molecule has 3 heterocycles. The van der Waals surface area contributed by atoms with E-state index in [0.717, 1.165) is 19.3 Å². The molecule has 2 amide bonds. The first kappa shape index (κ1) is 21.7. The number of fused-ring (bicyclic) bond motifs is 2. The van der Waals surface area contributed by atoms with E-state index in [1.54, 1.807) is 18.2 Å². The smallest absolute Gasteiger partial charge is 0.325 e. The van der Waals surface area contributed by atoms with Crippen LogP contribution in [-0.4, -0.2) is 63.7 Å². The van der Waals surface area contributed by atoms with Gasteiger partial charge in [-0.15, -0.1) is 0 Å². The topological polar surface area (TPSA) is 142 Å². The SMILES string of the molecule is O=C(O)CC1(C(=O)O)NC(c2ccc3c(c2)OCCO3)C2C(=O)N(C3CCCCC3)C(=O)C21. The molecule has 10 heteroatoms. The summed E-state index contributed by atoms with van der Waals surface area (Å²) in [4.78, 5) is 52.6. The highest BCUT2D eigenvalue weighted by Gasteiger charge is 2.69. The first-order chi connectivity index (χ1) is 15.8. The van der Waals surface area contributed by atoms with Crippen molar-refractivity contribution in [2.75, 3.05) is 13.2 Å². The number of carboxylic acid groups (broad SMARTS) is 2. The number of carbonyl (C=O) groups is 4. The molecule has 1 saturated carbocycles. The lowest BCUT2D eigenvalue weighted by Gasteiger charge is -2.34. The van der Waals surface area contributed by atoms with E-state index in [4.69, 9.17) is 9.47 Å². The predicted molar refractivity (Wildman–Crippen MR) is 112 cm³/mol. The van der Waals surface area contributed by atoms with E-state index in [-0.39, 0.29) is 6.04 Å². The van der Waals surface area contributed by atoms with Gasteiger partial charge in [-0.1, -0.05) is 25.3 Å². The Morgan fingerprint density at radius 1 is 1.03 bits per heavy atom. The predicted octanol–water partition coefficient (Wildman–Crippen LogP) is 1.33. The van der Waals surface area contributed by atoms with Crippen molar-refractivity contribution in [3.8, 4) is 11.5 Å². The van der Waals surface area contributed by atoms with Gasteiger partial charge in [0.05, 0.1) is 18.3 Å². The first-order valence-corrected chi connectivity index (χ1v) is 11.3. The number of nitrogens with zero attached hydrogens (tertiary/aromatic N) is 1. The number of imide groups is 1. The molecule has 4 unspecified atom stereocenters. The van der Waals surface area contributed by atoms with Crippen molar-refractivity contribution in [2.24, 2.45) is 11.8 Å². The lowest BCUT2D eigenvalue weighted by Crippen LogP contribution is -2.57. The summed E-state index contributed by atoms with van der Waals surface area (Å²) in [5.74, 6) is -5.16. The Kier molecular flexibility index (Phi) is 5.27. The largest absolute Gasteiger partial charge is 0.486 e. The molecule has 1 aliphatic carbocycles. The van der Waals surface area contributed by atoms with Crippen molar-refractivity contribution in [1.82, 2.24) is 10.2 Å². The molecule has 1 aromatic carbocycles. The van der Waals surface area contributed by atoms with Gasteiger partial charge in [0.1, 0.15) is 18.8 Å². The molecule has 4 atom stereocenters. The monoisotopic (exact) mass is 458 g/mol. The second kappa shape index (κ2) is 8.02. The number of hydrogen-bond donors (Lipinski definition) is 3. The lowest BCUT2D eigenvalue weighted by atomic mass is 9.77. The first-order valence-electron chi connectivity index (χ1n) is 11.3. The third kappa shape index (κ3) is 3.35. The van der Waals surface area contributed by atoms with Crippen LogP contribution in [0, 0.1) is 11.8 Å². The summed E-state index contributed by atoms with van der Waals surface area (Å²) in [5, 5.41) is 22.6. The molecular formula is C23H26N2O8. The van der Waals surface area contributed by atoms with Gasteiger partial charge >= 0.3 is 11.9 Å². The van der Waals surface area contributed by atoms with Crippen LogP contribution >= 0.6 is 0 Å². The summed E-state index contributed by atoms with van der Waals surface area (Å²) in [7, 11) is 0. The molecule has 5 rings (SSSR count). The molecule has 33 heavy (non-hydrogen) atoms. The van der Waals surface area contributed by atoms with E-state index in [2.05, 4.69) is 5.32 Å². The van der Waals surface area contributed by atoms with E-state index in [1.165, 1.54) is 4.90 Å². The summed E-state index contributed by atoms with van der Waals surface area (Å²) in [5.41, 5.74) is -1.54. The minimum atomic E-state index is -2.09. The molecular weight excluding hydrogens is 432 g/mol. The average Bonchev–Trinajstić information content (AvgIpc) is 3.28. The molecule has 0 spiro atoms. The standard InChI is InChI=1S/C23H26N2O8/c26-16(27)11-23(22(30)31)18-17(20(28)25(21(18)29)13-4-2-1-3-5-13)19(24-23)12-6-7-14-15(10-12)33-9-8-32-14/h6-7,10,13,17-19,24H,1-5,8-9,11H2,(H,26,27)(H,30,31). The Hall–Kier alpha value is -3.14. The molecule has 10 nitrogen and oxygen atoms in total. The van der Waals surface area contributed by atoms with Crippen molar-refractivity contribution in [3.05, 3.63) is 23.8 Å². The van der Waals surface area contributed by atoms with E-state index in [1.807, 2.05) is 0 Å². The second-order valence-electron chi connectivity index (χ2n) is 9.21. The number of amides is 2. The fraction of sp³-hybridized carbons (Fsp3) is 0.565. The van der Waals surface area contributed by atoms with Crippen LogP contribution in [0.15, 0.2) is 18.2 Å². The van der Waals surface area contributed by atoms with Gasteiger partial charge in [0.2, 0.25) is 11.8 Å². The van der Waals surface area contributed by atoms with Gasteiger partial charge < -0.3 is 19.7 Å². The molecule has 3 fully saturated rings. The van der Waals surface area contributed by atoms with Crippen molar-refractivity contribution < 1.29 is 38.9 Å². The van der Waals surface area contributed by atoms with Crippen LogP contribution in [0.1, 0.15) is 50.1 Å². The van der Waals surface area contributed by atoms with Crippen LogP contribution in [0.25, 0.3) is 0 Å².